The van der Waals surface area contributed by atoms with Crippen LogP contribution in [0.4, 0.5) is 17.2 Å². The van der Waals surface area contributed by atoms with E-state index < -0.39 is 0 Å². The van der Waals surface area contributed by atoms with Gasteiger partial charge in [0, 0.05) is 12.6 Å². The van der Waals surface area contributed by atoms with Gasteiger partial charge in [0.15, 0.2) is 11.2 Å². The Morgan fingerprint density at radius 1 is 1.21 bits per heavy atom. The second-order valence-electron chi connectivity index (χ2n) is 6.85. The van der Waals surface area contributed by atoms with Gasteiger partial charge in [-0.15, -0.1) is 0 Å². The van der Waals surface area contributed by atoms with E-state index in [9.17, 15) is 4.79 Å². The molecule has 1 aliphatic rings. The van der Waals surface area contributed by atoms with Crippen LogP contribution in [-0.2, 0) is 6.42 Å². The first kappa shape index (κ1) is 18.0. The van der Waals surface area contributed by atoms with Gasteiger partial charge in [-0.05, 0) is 37.0 Å². The number of rotatable bonds is 5. The largest absolute Gasteiger partial charge is 0.496 e. The third-order valence-electron chi connectivity index (χ3n) is 4.89. The normalized spacial score (nSPS) is 12.1. The molecule has 2 heterocycles. The molecule has 0 spiro atoms. The number of hydrogen-bond donors (Lipinski definition) is 1. The number of aromatic nitrogens is 2. The number of fused-ring (bicyclic) bond motifs is 2. The zero-order valence-electron chi connectivity index (χ0n) is 16.0. The van der Waals surface area contributed by atoms with Gasteiger partial charge in [-0.1, -0.05) is 36.9 Å². The number of nitrogens with zero attached hydrogens (tertiary/aromatic N) is 3. The van der Waals surface area contributed by atoms with Crippen LogP contribution >= 0.6 is 0 Å². The quantitative estimate of drug-likeness (QED) is 0.745. The van der Waals surface area contributed by atoms with Gasteiger partial charge in [0.25, 0.3) is 5.56 Å². The van der Waals surface area contributed by atoms with Gasteiger partial charge in [-0.3, -0.25) is 4.79 Å². The first-order valence-electron chi connectivity index (χ1n) is 9.25. The number of H-pyrrole nitrogens is 1. The maximum atomic E-state index is 12.5. The van der Waals surface area contributed by atoms with Gasteiger partial charge in [0.2, 0.25) is 0 Å². The van der Waals surface area contributed by atoms with E-state index in [2.05, 4.69) is 33.7 Å². The highest BCUT2D eigenvalue weighted by Crippen LogP contribution is 2.39. The molecule has 0 saturated carbocycles. The van der Waals surface area contributed by atoms with Crippen LogP contribution in [0, 0.1) is 6.92 Å². The summed E-state index contributed by atoms with van der Waals surface area (Å²) in [5.41, 5.74) is 3.94. The highest BCUT2D eigenvalue weighted by molar-refractivity contribution is 5.78. The maximum absolute atomic E-state index is 12.5. The molecule has 1 aromatic heterocycles. The molecule has 1 N–H and O–H groups in total. The molecular formula is C22H22N4O2. The predicted octanol–water partition coefficient (Wildman–Crippen LogP) is 2.53. The zero-order chi connectivity index (χ0) is 19.7. The second kappa shape index (κ2) is 7.31. The summed E-state index contributed by atoms with van der Waals surface area (Å²) in [7, 11) is 1.65. The Labute approximate surface area is 162 Å². The first-order valence-corrected chi connectivity index (χ1v) is 9.25. The molecule has 28 heavy (non-hydrogen) atoms. The van der Waals surface area contributed by atoms with Crippen molar-refractivity contribution < 1.29 is 4.74 Å². The molecule has 0 saturated heterocycles. The highest BCUT2D eigenvalue weighted by atomic mass is 16.5. The maximum Gasteiger partial charge on any atom is 0.279 e. The monoisotopic (exact) mass is 374 g/mol. The molecule has 142 valence electrons. The van der Waals surface area contributed by atoms with Crippen molar-refractivity contribution in [3.05, 3.63) is 74.8 Å². The summed E-state index contributed by atoms with van der Waals surface area (Å²) in [6.45, 7) is 6.46. The van der Waals surface area contributed by atoms with Crippen molar-refractivity contribution in [3.63, 3.8) is 0 Å². The van der Waals surface area contributed by atoms with Crippen LogP contribution in [0.3, 0.4) is 0 Å². The lowest BCUT2D eigenvalue weighted by Gasteiger charge is -2.28. The van der Waals surface area contributed by atoms with Crippen molar-refractivity contribution >= 4 is 23.8 Å². The molecule has 0 unspecified atom stereocenters. The Kier molecular flexibility index (Phi) is 4.69. The minimum absolute atomic E-state index is 0.276. The van der Waals surface area contributed by atoms with Crippen LogP contribution in [0.15, 0.2) is 52.3 Å². The van der Waals surface area contributed by atoms with E-state index >= 15 is 0 Å². The summed E-state index contributed by atoms with van der Waals surface area (Å²) < 4.78 is 5.50. The second-order valence-corrected chi connectivity index (χ2v) is 6.85. The number of nitrogens with one attached hydrogen (secondary N) is 1. The highest BCUT2D eigenvalue weighted by Gasteiger charge is 2.24. The van der Waals surface area contributed by atoms with Crippen molar-refractivity contribution in [1.29, 1.82) is 0 Å². The topological polar surface area (TPSA) is 70.6 Å². The predicted molar refractivity (Wildman–Crippen MR) is 110 cm³/mol. The fourth-order valence-corrected chi connectivity index (χ4v) is 3.52. The van der Waals surface area contributed by atoms with E-state index in [0.29, 0.717) is 23.2 Å². The average Bonchev–Trinajstić information content (AvgIpc) is 2.68. The minimum atomic E-state index is -0.276. The number of anilines is 2. The third kappa shape index (κ3) is 3.29. The van der Waals surface area contributed by atoms with Crippen molar-refractivity contribution in [2.75, 3.05) is 18.6 Å². The van der Waals surface area contributed by atoms with Crippen molar-refractivity contribution in [3.8, 4) is 5.75 Å². The number of aryl methyl sites for hydroxylation is 2. The Hall–Kier alpha value is -3.41. The molecule has 6 heteroatoms. The lowest BCUT2D eigenvalue weighted by molar-refractivity contribution is 0.412. The molecule has 3 aromatic rings. The number of ether oxygens (including phenoxy) is 1. The Morgan fingerprint density at radius 2 is 2.00 bits per heavy atom. The van der Waals surface area contributed by atoms with E-state index in [1.54, 1.807) is 7.11 Å². The molecule has 1 aliphatic heterocycles. The molecule has 0 atom stereocenters. The van der Waals surface area contributed by atoms with Crippen LogP contribution in [0.5, 0.6) is 5.75 Å². The van der Waals surface area contributed by atoms with Crippen molar-refractivity contribution in [2.24, 2.45) is 4.99 Å². The Morgan fingerprint density at radius 3 is 2.75 bits per heavy atom. The van der Waals surface area contributed by atoms with Crippen molar-refractivity contribution in [1.82, 2.24) is 9.97 Å². The van der Waals surface area contributed by atoms with Gasteiger partial charge in [-0.2, -0.15) is 0 Å². The van der Waals surface area contributed by atoms with E-state index in [1.807, 2.05) is 42.2 Å². The van der Waals surface area contributed by atoms with Crippen LogP contribution in [0.2, 0.25) is 0 Å². The summed E-state index contributed by atoms with van der Waals surface area (Å²) in [4.78, 5) is 26.2. The molecule has 0 radical (unpaired) electrons. The first-order chi connectivity index (χ1) is 13.6. The van der Waals surface area contributed by atoms with Gasteiger partial charge in [-0.25, -0.2) is 9.98 Å². The van der Waals surface area contributed by atoms with Crippen molar-refractivity contribution in [2.45, 2.75) is 19.8 Å². The van der Waals surface area contributed by atoms with E-state index in [0.717, 1.165) is 35.5 Å². The van der Waals surface area contributed by atoms with E-state index in [4.69, 9.17) is 4.74 Å². The van der Waals surface area contributed by atoms with E-state index in [-0.39, 0.29) is 5.56 Å². The smallest absolute Gasteiger partial charge is 0.279 e. The van der Waals surface area contributed by atoms with E-state index in [1.165, 1.54) is 5.56 Å². The van der Waals surface area contributed by atoms with Crippen LogP contribution < -0.4 is 26.0 Å². The fourth-order valence-electron chi connectivity index (χ4n) is 3.52. The van der Waals surface area contributed by atoms with Gasteiger partial charge < -0.3 is 14.6 Å². The van der Waals surface area contributed by atoms with Gasteiger partial charge >= 0.3 is 0 Å². The summed E-state index contributed by atoms with van der Waals surface area (Å²) >= 11 is 0. The van der Waals surface area contributed by atoms with Gasteiger partial charge in [0.1, 0.15) is 11.2 Å². The number of benzene rings is 2. The number of methoxy groups -OCH3 is 1. The molecule has 0 aliphatic carbocycles. The molecule has 4 rings (SSSR count). The lowest BCUT2D eigenvalue weighted by atomic mass is 10.1. The molecule has 2 aromatic carbocycles. The Bertz CT molecular complexity index is 1190. The number of hydrogen-bond acceptors (Lipinski definition) is 5. The average molecular weight is 374 g/mol. The fraction of sp³-hybridized carbons (Fsp3) is 0.227. The number of aromatic amines is 1. The molecule has 0 bridgehead atoms. The van der Waals surface area contributed by atoms with Crippen LogP contribution in [-0.4, -0.2) is 23.6 Å². The lowest BCUT2D eigenvalue weighted by Crippen LogP contribution is -2.42. The standard InChI is InChI=1S/C22H22N4O2/c1-14-12-17-18(13-19(14)28-3)26(11-7-10-16-8-5-4-6-9-16)21-20(25-17)22(27)24-15(2)23-21/h4-6,8-9,12-13H,2,7,10-11H2,1,3H3,(H,24,27). The molecule has 0 fully saturated rings. The third-order valence-corrected chi connectivity index (χ3v) is 4.89. The Balaban J connectivity index is 1.77. The zero-order valence-corrected chi connectivity index (χ0v) is 16.0. The van der Waals surface area contributed by atoms with Crippen LogP contribution in [0.1, 0.15) is 17.5 Å². The SMILES string of the molecule is C=c1nc2c(c(=O)[nH]1)=Nc1cc(C)c(OC)cc1N2CCCc1ccccc1. The summed E-state index contributed by atoms with van der Waals surface area (Å²) in [5, 5.41) is 0.323. The molecule has 0 amide bonds. The molecule has 6 nitrogen and oxygen atoms in total. The summed E-state index contributed by atoms with van der Waals surface area (Å²) in [6.07, 6.45) is 1.84. The minimum Gasteiger partial charge on any atom is -0.496 e. The van der Waals surface area contributed by atoms with Gasteiger partial charge in [0.05, 0.1) is 18.5 Å². The van der Waals surface area contributed by atoms with Crippen LogP contribution in [0.25, 0.3) is 6.58 Å². The summed E-state index contributed by atoms with van der Waals surface area (Å²) in [5.74, 6) is 1.32. The molecular weight excluding hydrogens is 352 g/mol. The summed E-state index contributed by atoms with van der Waals surface area (Å²) in [6, 6.07) is 14.3.